The van der Waals surface area contributed by atoms with Crippen molar-refractivity contribution >= 4 is 5.78 Å². The number of carbonyl (C=O) groups is 1. The summed E-state index contributed by atoms with van der Waals surface area (Å²) in [6, 6.07) is 4.78. The van der Waals surface area contributed by atoms with Crippen LogP contribution >= 0.6 is 0 Å². The molecular weight excluding hydrogens is 378 g/mol. The van der Waals surface area contributed by atoms with Crippen LogP contribution in [0.4, 0.5) is 0 Å². The predicted octanol–water partition coefficient (Wildman–Crippen LogP) is 3.51. The first-order chi connectivity index (χ1) is 14.5. The lowest BCUT2D eigenvalue weighted by molar-refractivity contribution is -0.270. The molecule has 4 aliphatic carbocycles. The van der Waals surface area contributed by atoms with Crippen LogP contribution in [-0.4, -0.2) is 56.2 Å². The van der Waals surface area contributed by atoms with Gasteiger partial charge >= 0.3 is 0 Å². The van der Waals surface area contributed by atoms with E-state index in [1.54, 1.807) is 14.2 Å². The zero-order chi connectivity index (χ0) is 20.9. The molecule has 5 heteroatoms. The van der Waals surface area contributed by atoms with Gasteiger partial charge in [-0.3, -0.25) is 4.79 Å². The van der Waals surface area contributed by atoms with Crippen molar-refractivity contribution in [2.75, 3.05) is 27.8 Å². The number of nitrogens with zero attached hydrogens (tertiary/aromatic N) is 1. The fraction of sp³-hybridized carbons (Fsp3) is 0.720. The molecular formula is C25H33NO4. The van der Waals surface area contributed by atoms with Gasteiger partial charge in [-0.1, -0.05) is 13.0 Å². The maximum absolute atomic E-state index is 13.4. The van der Waals surface area contributed by atoms with Crippen LogP contribution in [0.3, 0.4) is 0 Å². The lowest BCUT2D eigenvalue weighted by Gasteiger charge is -2.73. The predicted molar refractivity (Wildman–Crippen MR) is 113 cm³/mol. The van der Waals surface area contributed by atoms with Gasteiger partial charge in [0.15, 0.2) is 11.5 Å². The van der Waals surface area contributed by atoms with Gasteiger partial charge in [-0.2, -0.15) is 0 Å². The summed E-state index contributed by atoms with van der Waals surface area (Å²) in [7, 11) is 5.81. The summed E-state index contributed by atoms with van der Waals surface area (Å²) in [5.41, 5.74) is 2.26. The van der Waals surface area contributed by atoms with E-state index in [1.165, 1.54) is 11.1 Å². The number of likely N-dealkylation sites (N-methyl/N-ethyl adjacent to an activating group) is 1. The van der Waals surface area contributed by atoms with Crippen molar-refractivity contribution in [3.63, 3.8) is 0 Å². The molecule has 1 aromatic carbocycles. The quantitative estimate of drug-likeness (QED) is 0.742. The number of methoxy groups -OCH3 is 2. The molecule has 1 aromatic rings. The topological polar surface area (TPSA) is 48.0 Å². The molecule has 6 atom stereocenters. The lowest BCUT2D eigenvalue weighted by Crippen LogP contribution is -2.81. The van der Waals surface area contributed by atoms with Gasteiger partial charge < -0.3 is 19.1 Å². The van der Waals surface area contributed by atoms with Crippen molar-refractivity contribution < 1.29 is 19.0 Å². The van der Waals surface area contributed by atoms with Gasteiger partial charge in [-0.05, 0) is 63.7 Å². The van der Waals surface area contributed by atoms with Crippen molar-refractivity contribution in [3.8, 4) is 11.5 Å². The molecule has 6 aliphatic rings. The van der Waals surface area contributed by atoms with Crippen LogP contribution in [-0.2, 0) is 21.4 Å². The molecule has 7 rings (SSSR count). The molecule has 2 heterocycles. The van der Waals surface area contributed by atoms with Crippen molar-refractivity contribution in [2.45, 2.75) is 75.0 Å². The summed E-state index contributed by atoms with van der Waals surface area (Å²) in [5.74, 6) is 2.04. The molecule has 0 aromatic heterocycles. The van der Waals surface area contributed by atoms with Crippen molar-refractivity contribution in [3.05, 3.63) is 23.3 Å². The number of hydrogen-bond acceptors (Lipinski definition) is 5. The van der Waals surface area contributed by atoms with E-state index in [-0.39, 0.29) is 22.9 Å². The van der Waals surface area contributed by atoms with E-state index in [4.69, 9.17) is 14.2 Å². The molecule has 0 radical (unpaired) electrons. The molecule has 0 amide bonds. The third-order valence-electron chi connectivity index (χ3n) is 9.72. The number of benzene rings is 1. The van der Waals surface area contributed by atoms with Gasteiger partial charge in [0.25, 0.3) is 0 Å². The first-order valence-electron chi connectivity index (χ1n) is 11.6. The van der Waals surface area contributed by atoms with E-state index in [9.17, 15) is 4.79 Å². The molecule has 0 unspecified atom stereocenters. The summed E-state index contributed by atoms with van der Waals surface area (Å²) in [4.78, 5) is 16.0. The molecule has 4 fully saturated rings. The number of hydrogen-bond donors (Lipinski definition) is 0. The van der Waals surface area contributed by atoms with Crippen molar-refractivity contribution in [1.82, 2.24) is 4.90 Å². The Morgan fingerprint density at radius 3 is 2.83 bits per heavy atom. The van der Waals surface area contributed by atoms with Gasteiger partial charge in [0.1, 0.15) is 17.5 Å². The zero-order valence-electron chi connectivity index (χ0n) is 18.6. The minimum absolute atomic E-state index is 0.0705. The number of carbonyl (C=O) groups excluding carboxylic acids is 1. The second-order valence-corrected chi connectivity index (χ2v) is 10.3. The Bertz CT molecular complexity index is 930. The molecule has 3 saturated carbocycles. The fourth-order valence-electron chi connectivity index (χ4n) is 8.62. The summed E-state index contributed by atoms with van der Waals surface area (Å²) < 4.78 is 19.0. The summed E-state index contributed by atoms with van der Waals surface area (Å²) >= 11 is 0. The van der Waals surface area contributed by atoms with Crippen LogP contribution < -0.4 is 9.47 Å². The van der Waals surface area contributed by atoms with E-state index in [1.807, 2.05) is 0 Å². The SMILES string of the molecule is CCCC(=O)[C@H]1C[C@@]23CC[C@@]1(OC)[C@@H]1Oc4c(OC)ccc5c4[C@@]12CCN(C)[C@@H]3C5. The lowest BCUT2D eigenvalue weighted by atomic mass is 9.34. The molecule has 2 aliphatic heterocycles. The molecule has 2 spiro atoms. The number of likely N-dealkylation sites (tertiary alicyclic amines) is 1. The minimum Gasteiger partial charge on any atom is -0.493 e. The van der Waals surface area contributed by atoms with E-state index in [2.05, 4.69) is 31.0 Å². The van der Waals surface area contributed by atoms with Gasteiger partial charge in [-0.25, -0.2) is 0 Å². The first kappa shape index (κ1) is 19.1. The Morgan fingerprint density at radius 1 is 1.27 bits per heavy atom. The van der Waals surface area contributed by atoms with Crippen LogP contribution in [0, 0.1) is 11.3 Å². The van der Waals surface area contributed by atoms with Gasteiger partial charge in [-0.15, -0.1) is 0 Å². The molecule has 5 nitrogen and oxygen atoms in total. The van der Waals surface area contributed by atoms with E-state index in [0.29, 0.717) is 18.2 Å². The molecule has 1 saturated heterocycles. The molecule has 0 N–H and O–H groups in total. The molecule has 162 valence electrons. The maximum Gasteiger partial charge on any atom is 0.165 e. The number of piperidine rings is 1. The average molecular weight is 412 g/mol. The third kappa shape index (κ3) is 1.83. The standard InChI is InChI=1S/C25H33NO4/c1-5-6-17(27)16-14-23-9-10-25(16,29-4)22-24(23)11-12-26(2)19(23)13-15-7-8-18(28-3)21(30-22)20(15)24/h7-8,16,19,22H,5-6,9-14H2,1-4H3/t16-,19-,22-,23-,24+,25+/m1/s1. The highest BCUT2D eigenvalue weighted by Crippen LogP contribution is 2.76. The smallest absolute Gasteiger partial charge is 0.165 e. The second kappa shape index (κ2) is 6.01. The highest BCUT2D eigenvalue weighted by molar-refractivity contribution is 5.83. The van der Waals surface area contributed by atoms with E-state index >= 15 is 0 Å². The third-order valence-corrected chi connectivity index (χ3v) is 9.72. The average Bonchev–Trinajstić information content (AvgIpc) is 3.13. The Labute approximate surface area is 179 Å². The van der Waals surface area contributed by atoms with Crippen LogP contribution in [0.15, 0.2) is 12.1 Å². The van der Waals surface area contributed by atoms with Crippen LogP contribution in [0.5, 0.6) is 11.5 Å². The number of ether oxygens (including phenoxy) is 3. The molecule has 4 bridgehead atoms. The van der Waals surface area contributed by atoms with Gasteiger partial charge in [0, 0.05) is 36.0 Å². The van der Waals surface area contributed by atoms with Crippen molar-refractivity contribution in [1.29, 1.82) is 0 Å². The number of Topliss-reactive ketones (excluding diaryl/α,β-unsaturated/α-hetero) is 1. The van der Waals surface area contributed by atoms with E-state index in [0.717, 1.165) is 56.6 Å². The van der Waals surface area contributed by atoms with Crippen molar-refractivity contribution in [2.24, 2.45) is 11.3 Å². The normalized spacial score (nSPS) is 42.6. The van der Waals surface area contributed by atoms with Gasteiger partial charge in [0.2, 0.25) is 0 Å². The highest BCUT2D eigenvalue weighted by Gasteiger charge is 2.81. The van der Waals surface area contributed by atoms with Crippen LogP contribution in [0.25, 0.3) is 0 Å². The Balaban J connectivity index is 1.63. The summed E-state index contributed by atoms with van der Waals surface area (Å²) in [6.45, 7) is 3.16. The van der Waals surface area contributed by atoms with Crippen LogP contribution in [0.1, 0.15) is 56.6 Å². The monoisotopic (exact) mass is 411 g/mol. The summed E-state index contributed by atoms with van der Waals surface area (Å²) in [6.07, 6.45) is 6.48. The fourth-order valence-corrected chi connectivity index (χ4v) is 8.62. The molecule has 30 heavy (non-hydrogen) atoms. The van der Waals surface area contributed by atoms with Crippen LogP contribution in [0.2, 0.25) is 0 Å². The number of fused-ring (bicyclic) bond motifs is 2. The van der Waals surface area contributed by atoms with Gasteiger partial charge in [0.05, 0.1) is 13.0 Å². The second-order valence-electron chi connectivity index (χ2n) is 10.3. The maximum atomic E-state index is 13.4. The number of ketones is 1. The zero-order valence-corrected chi connectivity index (χ0v) is 18.6. The van der Waals surface area contributed by atoms with E-state index < -0.39 is 5.60 Å². The largest absolute Gasteiger partial charge is 0.493 e. The highest BCUT2D eigenvalue weighted by atomic mass is 16.6. The Hall–Kier alpha value is -1.59. The first-order valence-corrected chi connectivity index (χ1v) is 11.6. The Kier molecular flexibility index (Phi) is 3.83. The Morgan fingerprint density at radius 2 is 2.10 bits per heavy atom. The number of rotatable bonds is 5. The summed E-state index contributed by atoms with van der Waals surface area (Å²) in [5, 5.41) is 0. The minimum atomic E-state index is -0.535.